The first-order chi connectivity index (χ1) is 14.3. The molecular weight excluding hydrogens is 392 g/mol. The van der Waals surface area contributed by atoms with Crippen LogP contribution in [0.5, 0.6) is 0 Å². The number of hydrogen-bond acceptors (Lipinski definition) is 4. The number of nitrogens with zero attached hydrogens (tertiary/aromatic N) is 3. The van der Waals surface area contributed by atoms with Crippen molar-refractivity contribution in [2.45, 2.75) is 13.8 Å². The second kappa shape index (κ2) is 8.04. The van der Waals surface area contributed by atoms with Crippen LogP contribution in [-0.4, -0.2) is 41.0 Å². The van der Waals surface area contributed by atoms with E-state index in [2.05, 4.69) is 42.0 Å². The average Bonchev–Trinajstić information content (AvgIpc) is 2.74. The molecule has 2 aromatic carbocycles. The van der Waals surface area contributed by atoms with Crippen LogP contribution in [-0.2, 0) is 0 Å². The summed E-state index contributed by atoms with van der Waals surface area (Å²) in [6.07, 6.45) is 0. The molecule has 1 saturated heterocycles. The van der Waals surface area contributed by atoms with Gasteiger partial charge in [-0.1, -0.05) is 49.0 Å². The minimum Gasteiger partial charge on any atom is -0.398 e. The Morgan fingerprint density at radius 3 is 2.37 bits per heavy atom. The standard InChI is InChI=1S/C25H27ClN4/c1-16(2)29-9-11-30(12-10-29)18(4)19-7-8-21-22(26)15-24(28-25(21)14-19)20-6-5-17(3)23(27)13-20/h5-8,13-15H,1,4,9-12,27H2,2-3H3. The Morgan fingerprint density at radius 2 is 1.70 bits per heavy atom. The molecule has 1 aromatic heterocycles. The smallest absolute Gasteiger partial charge is 0.0731 e. The molecule has 0 aliphatic carbocycles. The van der Waals surface area contributed by atoms with Gasteiger partial charge in [-0.2, -0.15) is 0 Å². The molecule has 0 bridgehead atoms. The minimum absolute atomic E-state index is 0.682. The number of rotatable bonds is 4. The highest BCUT2D eigenvalue weighted by Gasteiger charge is 2.19. The molecule has 1 fully saturated rings. The van der Waals surface area contributed by atoms with Crippen LogP contribution in [0.25, 0.3) is 27.9 Å². The van der Waals surface area contributed by atoms with E-state index in [0.29, 0.717) is 5.02 Å². The Labute approximate surface area is 183 Å². The predicted molar refractivity (Wildman–Crippen MR) is 128 cm³/mol. The Hall–Kier alpha value is -2.98. The molecule has 2 heterocycles. The van der Waals surface area contributed by atoms with Crippen LogP contribution >= 0.6 is 11.6 Å². The third kappa shape index (κ3) is 3.88. The second-order valence-corrected chi connectivity index (χ2v) is 8.36. The molecular formula is C25H27ClN4. The molecule has 4 nitrogen and oxygen atoms in total. The molecule has 1 aliphatic rings. The van der Waals surface area contributed by atoms with Gasteiger partial charge < -0.3 is 15.5 Å². The summed E-state index contributed by atoms with van der Waals surface area (Å²) in [7, 11) is 0. The largest absolute Gasteiger partial charge is 0.398 e. The van der Waals surface area contributed by atoms with Gasteiger partial charge >= 0.3 is 0 Å². The Kier molecular flexibility index (Phi) is 5.44. The highest BCUT2D eigenvalue weighted by atomic mass is 35.5. The van der Waals surface area contributed by atoms with Gasteiger partial charge in [0.05, 0.1) is 16.2 Å². The lowest BCUT2D eigenvalue weighted by Crippen LogP contribution is -2.44. The molecule has 4 rings (SSSR count). The molecule has 3 aromatic rings. The summed E-state index contributed by atoms with van der Waals surface area (Å²) in [5.41, 5.74) is 13.7. The van der Waals surface area contributed by atoms with Crippen molar-refractivity contribution in [1.82, 2.24) is 14.8 Å². The number of aromatic nitrogens is 1. The number of hydrogen-bond donors (Lipinski definition) is 1. The molecule has 0 unspecified atom stereocenters. The number of nitrogens with two attached hydrogens (primary N) is 1. The van der Waals surface area contributed by atoms with Gasteiger partial charge in [-0.15, -0.1) is 0 Å². The van der Waals surface area contributed by atoms with Gasteiger partial charge in [0.25, 0.3) is 0 Å². The van der Waals surface area contributed by atoms with E-state index in [9.17, 15) is 0 Å². The lowest BCUT2D eigenvalue weighted by molar-refractivity contribution is 0.215. The molecule has 154 valence electrons. The topological polar surface area (TPSA) is 45.4 Å². The van der Waals surface area contributed by atoms with Crippen molar-refractivity contribution in [3.63, 3.8) is 0 Å². The summed E-state index contributed by atoms with van der Waals surface area (Å²) in [5.74, 6) is 0. The van der Waals surface area contributed by atoms with Gasteiger partial charge in [0.15, 0.2) is 0 Å². The number of anilines is 1. The molecule has 30 heavy (non-hydrogen) atoms. The summed E-state index contributed by atoms with van der Waals surface area (Å²) in [6, 6.07) is 14.1. The average molecular weight is 419 g/mol. The third-order valence-electron chi connectivity index (χ3n) is 5.87. The van der Waals surface area contributed by atoms with E-state index in [1.807, 2.05) is 37.3 Å². The van der Waals surface area contributed by atoms with Crippen molar-refractivity contribution < 1.29 is 0 Å². The van der Waals surface area contributed by atoms with E-state index in [4.69, 9.17) is 22.3 Å². The van der Waals surface area contributed by atoms with E-state index in [-0.39, 0.29) is 0 Å². The zero-order chi connectivity index (χ0) is 21.4. The molecule has 5 heteroatoms. The van der Waals surface area contributed by atoms with Crippen LogP contribution in [0.1, 0.15) is 18.1 Å². The number of aryl methyl sites for hydroxylation is 1. The first-order valence-electron chi connectivity index (χ1n) is 10.1. The van der Waals surface area contributed by atoms with Gasteiger partial charge in [-0.05, 0) is 43.2 Å². The first-order valence-corrected chi connectivity index (χ1v) is 10.5. The van der Waals surface area contributed by atoms with Crippen molar-refractivity contribution in [3.05, 3.63) is 77.5 Å². The normalized spacial score (nSPS) is 14.2. The zero-order valence-electron chi connectivity index (χ0n) is 17.6. The second-order valence-electron chi connectivity index (χ2n) is 7.95. The number of allylic oxidation sites excluding steroid dienone is 1. The van der Waals surface area contributed by atoms with Gasteiger partial charge in [-0.3, -0.25) is 0 Å². The van der Waals surface area contributed by atoms with Crippen molar-refractivity contribution in [2.24, 2.45) is 0 Å². The van der Waals surface area contributed by atoms with Crippen molar-refractivity contribution in [2.75, 3.05) is 31.9 Å². The third-order valence-corrected chi connectivity index (χ3v) is 6.18. The first kappa shape index (κ1) is 20.3. The van der Waals surface area contributed by atoms with Gasteiger partial charge in [-0.25, -0.2) is 4.98 Å². The van der Waals surface area contributed by atoms with Gasteiger partial charge in [0.2, 0.25) is 0 Å². The lowest BCUT2D eigenvalue weighted by atomic mass is 10.0. The maximum Gasteiger partial charge on any atom is 0.0731 e. The van der Waals surface area contributed by atoms with Gasteiger partial charge in [0.1, 0.15) is 0 Å². The van der Waals surface area contributed by atoms with Crippen LogP contribution in [0.2, 0.25) is 5.02 Å². The predicted octanol–water partition coefficient (Wildman–Crippen LogP) is 5.57. The molecule has 0 atom stereocenters. The van der Waals surface area contributed by atoms with Crippen LogP contribution in [0, 0.1) is 6.92 Å². The number of benzene rings is 2. The van der Waals surface area contributed by atoms with E-state index in [1.54, 1.807) is 0 Å². The SMILES string of the molecule is C=C(C)N1CCN(C(=C)c2ccc3c(Cl)cc(-c4ccc(C)c(N)c4)nc3c2)CC1. The van der Waals surface area contributed by atoms with Crippen LogP contribution in [0.15, 0.2) is 61.3 Å². The quantitative estimate of drug-likeness (QED) is 0.563. The zero-order valence-corrected chi connectivity index (χ0v) is 18.3. The summed E-state index contributed by atoms with van der Waals surface area (Å²) in [5, 5.41) is 1.62. The Balaban J connectivity index is 1.65. The van der Waals surface area contributed by atoms with Crippen molar-refractivity contribution in [1.29, 1.82) is 0 Å². The minimum atomic E-state index is 0.682. The van der Waals surface area contributed by atoms with Crippen LogP contribution in [0.3, 0.4) is 0 Å². The molecule has 0 amide bonds. The van der Waals surface area contributed by atoms with Crippen molar-refractivity contribution in [3.8, 4) is 11.3 Å². The Morgan fingerprint density at radius 1 is 1.00 bits per heavy atom. The summed E-state index contributed by atoms with van der Waals surface area (Å²) < 4.78 is 0. The number of fused-ring (bicyclic) bond motifs is 1. The lowest BCUT2D eigenvalue weighted by Gasteiger charge is -2.38. The number of piperazine rings is 1. The van der Waals surface area contributed by atoms with Gasteiger partial charge in [0, 0.05) is 54.2 Å². The molecule has 2 N–H and O–H groups in total. The van der Waals surface area contributed by atoms with Crippen molar-refractivity contribution >= 4 is 33.9 Å². The molecule has 0 radical (unpaired) electrons. The number of halogens is 1. The fraction of sp³-hybridized carbons (Fsp3) is 0.240. The number of pyridine rings is 1. The highest BCUT2D eigenvalue weighted by Crippen LogP contribution is 2.31. The summed E-state index contributed by atoms with van der Waals surface area (Å²) >= 11 is 6.59. The van der Waals surface area contributed by atoms with E-state index >= 15 is 0 Å². The Bertz CT molecular complexity index is 1140. The van der Waals surface area contributed by atoms with E-state index in [1.165, 1.54) is 0 Å². The monoisotopic (exact) mass is 418 g/mol. The molecule has 1 aliphatic heterocycles. The highest BCUT2D eigenvalue weighted by molar-refractivity contribution is 6.35. The van der Waals surface area contributed by atoms with E-state index < -0.39 is 0 Å². The van der Waals surface area contributed by atoms with E-state index in [0.717, 1.165) is 76.5 Å². The molecule has 0 saturated carbocycles. The fourth-order valence-corrected chi connectivity index (χ4v) is 4.12. The number of nitrogen functional groups attached to an aromatic ring is 1. The molecule has 0 spiro atoms. The van der Waals surface area contributed by atoms with Crippen LogP contribution < -0.4 is 5.73 Å². The fourth-order valence-electron chi connectivity index (χ4n) is 3.85. The van der Waals surface area contributed by atoms with Crippen LogP contribution in [0.4, 0.5) is 5.69 Å². The maximum atomic E-state index is 6.59. The summed E-state index contributed by atoms with van der Waals surface area (Å²) in [6.45, 7) is 16.2. The maximum absolute atomic E-state index is 6.59. The summed E-state index contributed by atoms with van der Waals surface area (Å²) in [4.78, 5) is 9.52.